The number of carbonyl (C=O) groups excluding carboxylic acids is 2. The van der Waals surface area contributed by atoms with Crippen LogP contribution < -0.4 is 11.1 Å². The second-order valence-electron chi connectivity index (χ2n) is 8.35. The molecule has 170 valence electrons. The molecule has 10 nitrogen and oxygen atoms in total. The van der Waals surface area contributed by atoms with Gasteiger partial charge in [-0.1, -0.05) is 0 Å². The van der Waals surface area contributed by atoms with E-state index >= 15 is 0 Å². The summed E-state index contributed by atoms with van der Waals surface area (Å²) >= 11 is 0. The highest BCUT2D eigenvalue weighted by Gasteiger charge is 2.39. The number of H-pyrrole nitrogens is 1. The molecule has 2 atom stereocenters. The minimum Gasteiger partial charge on any atom is -0.400 e. The van der Waals surface area contributed by atoms with E-state index in [0.29, 0.717) is 11.5 Å². The third-order valence-corrected chi connectivity index (χ3v) is 5.93. The summed E-state index contributed by atoms with van der Waals surface area (Å²) in [4.78, 5) is 33.1. The Morgan fingerprint density at radius 3 is 2.87 bits per heavy atom. The van der Waals surface area contributed by atoms with Crippen LogP contribution in [0, 0.1) is 0 Å². The maximum Gasteiger partial charge on any atom is 0.320 e. The predicted molar refractivity (Wildman–Crippen MR) is 119 cm³/mol. The lowest BCUT2D eigenvalue weighted by Gasteiger charge is -2.26. The largest absolute Gasteiger partial charge is 0.400 e. The number of carbonyl (C=O) groups is 2. The fourth-order valence-corrected chi connectivity index (χ4v) is 4.32. The van der Waals surface area contributed by atoms with Crippen LogP contribution in [0.1, 0.15) is 44.7 Å². The molecule has 1 aromatic rings. The number of anilines is 1. The number of urea groups is 1. The highest BCUT2D eigenvalue weighted by atomic mass is 16.5. The topological polar surface area (TPSA) is 129 Å². The summed E-state index contributed by atoms with van der Waals surface area (Å²) in [5.74, 6) is 0.326. The van der Waals surface area contributed by atoms with Crippen molar-refractivity contribution in [3.63, 3.8) is 0 Å². The molecular weight excluding hydrogens is 398 g/mol. The van der Waals surface area contributed by atoms with Crippen molar-refractivity contribution >= 4 is 23.5 Å². The lowest BCUT2D eigenvalue weighted by Crippen LogP contribution is -2.40. The Balaban J connectivity index is 1.58. The Bertz CT molecular complexity index is 861. The van der Waals surface area contributed by atoms with Gasteiger partial charge in [0.25, 0.3) is 5.91 Å². The molecule has 0 aromatic carbocycles. The summed E-state index contributed by atoms with van der Waals surface area (Å²) in [7, 11) is 3.06. The van der Waals surface area contributed by atoms with Gasteiger partial charge in [-0.3, -0.25) is 14.9 Å². The third-order valence-electron chi connectivity index (χ3n) is 5.93. The van der Waals surface area contributed by atoms with E-state index in [0.717, 1.165) is 38.0 Å². The highest BCUT2D eigenvalue weighted by molar-refractivity contribution is 6.47. The first-order valence-electron chi connectivity index (χ1n) is 10.7. The average Bonchev–Trinajstić information content (AvgIpc) is 3.45. The summed E-state index contributed by atoms with van der Waals surface area (Å²) in [6.07, 6.45) is 4.33. The number of hydrogen-bond acceptors (Lipinski definition) is 6. The Morgan fingerprint density at radius 2 is 2.23 bits per heavy atom. The number of aliphatic imine (C=N–C) groups is 1. The predicted octanol–water partition coefficient (Wildman–Crippen LogP) is 1.69. The first kappa shape index (κ1) is 22.8. The number of aromatic amines is 1. The van der Waals surface area contributed by atoms with Crippen molar-refractivity contribution in [1.82, 2.24) is 20.0 Å². The summed E-state index contributed by atoms with van der Waals surface area (Å²) in [5, 5.41) is 10.0. The maximum atomic E-state index is 12.7. The summed E-state index contributed by atoms with van der Waals surface area (Å²) in [6.45, 7) is 5.90. The smallest absolute Gasteiger partial charge is 0.320 e. The Labute approximate surface area is 182 Å². The number of hydrogen-bond donors (Lipinski definition) is 3. The van der Waals surface area contributed by atoms with E-state index in [4.69, 9.17) is 10.5 Å². The van der Waals surface area contributed by atoms with Crippen LogP contribution in [0.25, 0.3) is 0 Å². The van der Waals surface area contributed by atoms with E-state index in [9.17, 15) is 9.59 Å². The van der Waals surface area contributed by atoms with Crippen LogP contribution in [0.15, 0.2) is 22.8 Å². The molecule has 31 heavy (non-hydrogen) atoms. The summed E-state index contributed by atoms with van der Waals surface area (Å²) in [6, 6.07) is 2.47. The molecule has 2 aliphatic rings. The highest BCUT2D eigenvalue weighted by Crippen LogP contribution is 2.38. The number of nitrogens with two attached hydrogens (primary N) is 1. The van der Waals surface area contributed by atoms with Crippen molar-refractivity contribution in [3.8, 4) is 0 Å². The average molecular weight is 432 g/mol. The van der Waals surface area contributed by atoms with Crippen LogP contribution in [0.5, 0.6) is 0 Å². The van der Waals surface area contributed by atoms with Crippen molar-refractivity contribution < 1.29 is 14.3 Å². The first-order chi connectivity index (χ1) is 14.8. The van der Waals surface area contributed by atoms with Gasteiger partial charge in [-0.25, -0.2) is 4.79 Å². The minimum absolute atomic E-state index is 0.144. The first-order valence-corrected chi connectivity index (χ1v) is 10.7. The fraction of sp³-hybridized carbons (Fsp3) is 0.619. The minimum atomic E-state index is -0.389. The van der Waals surface area contributed by atoms with Gasteiger partial charge in [0.2, 0.25) is 0 Å². The van der Waals surface area contributed by atoms with E-state index in [1.165, 1.54) is 20.2 Å². The Kier molecular flexibility index (Phi) is 7.32. The lowest BCUT2D eigenvalue weighted by molar-refractivity contribution is -0.110. The number of nitrogens with one attached hydrogen (secondary N) is 2. The van der Waals surface area contributed by atoms with Crippen molar-refractivity contribution in [2.45, 2.75) is 51.1 Å². The molecule has 1 aliphatic heterocycles. The monoisotopic (exact) mass is 431 g/mol. The van der Waals surface area contributed by atoms with Crippen LogP contribution in [-0.2, 0) is 9.53 Å². The van der Waals surface area contributed by atoms with E-state index in [-0.39, 0.29) is 42.3 Å². The second kappa shape index (κ2) is 9.95. The number of ether oxygens (including phenoxy) is 1. The molecule has 4 N–H and O–H groups in total. The van der Waals surface area contributed by atoms with Gasteiger partial charge in [0.05, 0.1) is 6.61 Å². The van der Waals surface area contributed by atoms with Crippen LogP contribution in [0.4, 0.5) is 10.6 Å². The lowest BCUT2D eigenvalue weighted by atomic mass is 10.0. The van der Waals surface area contributed by atoms with Gasteiger partial charge in [-0.15, -0.1) is 0 Å². The van der Waals surface area contributed by atoms with Crippen LogP contribution in [0.3, 0.4) is 0 Å². The van der Waals surface area contributed by atoms with Gasteiger partial charge in [0.1, 0.15) is 5.71 Å². The molecule has 1 saturated carbocycles. The SMILES string of the molecule is CN=C(C=C(N)COC)C(=O)Nc1cc(C2CCC(N3CCN(C(C)C)C3=O)C2)[nH]n1. The van der Waals surface area contributed by atoms with E-state index in [1.807, 2.05) is 15.9 Å². The quantitative estimate of drug-likeness (QED) is 0.540. The number of amides is 3. The zero-order valence-electron chi connectivity index (χ0n) is 18.7. The van der Waals surface area contributed by atoms with Crippen molar-refractivity contribution in [2.75, 3.05) is 39.2 Å². The molecule has 1 aliphatic carbocycles. The molecule has 2 unspecified atom stereocenters. The number of rotatable bonds is 8. The fourth-order valence-electron chi connectivity index (χ4n) is 4.32. The number of nitrogens with zero attached hydrogens (tertiary/aromatic N) is 4. The molecule has 0 spiro atoms. The third kappa shape index (κ3) is 5.25. The molecule has 0 radical (unpaired) electrons. The van der Waals surface area contributed by atoms with Crippen LogP contribution in [0.2, 0.25) is 0 Å². The molecule has 2 fully saturated rings. The molecular formula is C21H33N7O3. The van der Waals surface area contributed by atoms with E-state index < -0.39 is 0 Å². The normalized spacial score (nSPS) is 22.7. The number of aromatic nitrogens is 2. The van der Waals surface area contributed by atoms with Crippen molar-refractivity contribution in [1.29, 1.82) is 0 Å². The van der Waals surface area contributed by atoms with E-state index in [2.05, 4.69) is 34.4 Å². The summed E-state index contributed by atoms with van der Waals surface area (Å²) in [5.41, 5.74) is 7.37. The molecule has 3 amide bonds. The van der Waals surface area contributed by atoms with Gasteiger partial charge in [0.15, 0.2) is 5.82 Å². The van der Waals surface area contributed by atoms with Crippen molar-refractivity contribution in [3.05, 3.63) is 23.5 Å². The molecule has 1 saturated heterocycles. The molecule has 2 heterocycles. The zero-order valence-corrected chi connectivity index (χ0v) is 18.7. The van der Waals surface area contributed by atoms with Gasteiger partial charge in [-0.05, 0) is 39.2 Å². The molecule has 10 heteroatoms. The van der Waals surface area contributed by atoms with Crippen molar-refractivity contribution in [2.24, 2.45) is 10.7 Å². The maximum absolute atomic E-state index is 12.7. The van der Waals surface area contributed by atoms with Crippen LogP contribution >= 0.6 is 0 Å². The molecule has 0 bridgehead atoms. The second-order valence-corrected chi connectivity index (χ2v) is 8.35. The number of methoxy groups -OCH3 is 1. The van der Waals surface area contributed by atoms with E-state index in [1.54, 1.807) is 0 Å². The molecule has 3 rings (SSSR count). The zero-order chi connectivity index (χ0) is 22.5. The standard InChI is InChI=1S/C21H33N7O3/c1-13(2)27-7-8-28(21(27)30)16-6-5-14(9-16)17-11-19(26-25-17)24-20(29)18(23-3)10-15(22)12-31-4/h10-11,13-14,16H,5-9,12,22H2,1-4H3,(H2,24,25,26,29). The van der Waals surface area contributed by atoms with Gasteiger partial charge in [0, 0.05) is 62.7 Å². The van der Waals surface area contributed by atoms with Gasteiger partial charge < -0.3 is 25.6 Å². The van der Waals surface area contributed by atoms with Gasteiger partial charge >= 0.3 is 6.03 Å². The van der Waals surface area contributed by atoms with Crippen LogP contribution in [-0.4, -0.2) is 83.6 Å². The Hall–Kier alpha value is -2.88. The summed E-state index contributed by atoms with van der Waals surface area (Å²) < 4.78 is 4.95. The van der Waals surface area contributed by atoms with Gasteiger partial charge in [-0.2, -0.15) is 5.10 Å². The Morgan fingerprint density at radius 1 is 1.45 bits per heavy atom. The molecule has 1 aromatic heterocycles.